The molecule has 0 radical (unpaired) electrons. The van der Waals surface area contributed by atoms with Crippen LogP contribution in [0.4, 0.5) is 0 Å². The van der Waals surface area contributed by atoms with Gasteiger partial charge in [-0.05, 0) is 20.3 Å². The Morgan fingerprint density at radius 1 is 1.19 bits per heavy atom. The Bertz CT molecular complexity index is 928. The third-order valence-electron chi connectivity index (χ3n) is 5.31. The third-order valence-corrected chi connectivity index (χ3v) is 5.31. The van der Waals surface area contributed by atoms with E-state index in [1.54, 1.807) is 7.11 Å². The predicted octanol–water partition coefficient (Wildman–Crippen LogP) is 4.12. The summed E-state index contributed by atoms with van der Waals surface area (Å²) in [6, 6.07) is 10.4. The zero-order chi connectivity index (χ0) is 18.8. The van der Waals surface area contributed by atoms with Gasteiger partial charge in [0.25, 0.3) is 0 Å². The van der Waals surface area contributed by atoms with Crippen LogP contribution < -0.4 is 4.74 Å². The van der Waals surface area contributed by atoms with Crippen molar-refractivity contribution in [2.75, 3.05) is 20.3 Å². The minimum absolute atomic E-state index is 0.357. The van der Waals surface area contributed by atoms with Crippen molar-refractivity contribution in [3.05, 3.63) is 65.4 Å². The summed E-state index contributed by atoms with van der Waals surface area (Å²) in [6.07, 6.45) is 4.84. The summed E-state index contributed by atoms with van der Waals surface area (Å²) in [5, 5.41) is 0. The van der Waals surface area contributed by atoms with Crippen molar-refractivity contribution in [2.45, 2.75) is 32.7 Å². The number of nitrogens with zero attached hydrogens (tertiary/aromatic N) is 3. The number of methoxy groups -OCH3 is 1. The lowest BCUT2D eigenvalue weighted by Crippen LogP contribution is -2.12. The normalized spacial score (nSPS) is 16.6. The first-order valence-electron chi connectivity index (χ1n) is 9.36. The molecule has 1 aromatic carbocycles. The fraction of sp³-hybridized carbons (Fsp3) is 0.364. The summed E-state index contributed by atoms with van der Waals surface area (Å²) in [5.74, 6) is 1.27. The predicted molar refractivity (Wildman–Crippen MR) is 105 cm³/mol. The van der Waals surface area contributed by atoms with Crippen LogP contribution in [0.25, 0.3) is 11.3 Å². The molecule has 0 amide bonds. The summed E-state index contributed by atoms with van der Waals surface area (Å²) in [4.78, 5) is 9.44. The summed E-state index contributed by atoms with van der Waals surface area (Å²) in [5.41, 5.74) is 6.57. The van der Waals surface area contributed by atoms with E-state index in [1.165, 1.54) is 5.69 Å². The van der Waals surface area contributed by atoms with E-state index in [4.69, 9.17) is 14.5 Å². The third kappa shape index (κ3) is 3.35. The Labute approximate surface area is 160 Å². The Kier molecular flexibility index (Phi) is 4.94. The van der Waals surface area contributed by atoms with Crippen LogP contribution in [0, 0.1) is 13.8 Å². The summed E-state index contributed by atoms with van der Waals surface area (Å²) in [7, 11) is 1.71. The molecule has 1 atom stereocenters. The molecule has 1 aliphatic heterocycles. The number of pyridine rings is 1. The van der Waals surface area contributed by atoms with E-state index in [0.29, 0.717) is 12.5 Å². The minimum Gasteiger partial charge on any atom is -0.496 e. The van der Waals surface area contributed by atoms with Crippen LogP contribution in [0.2, 0.25) is 0 Å². The Morgan fingerprint density at radius 3 is 2.70 bits per heavy atom. The van der Waals surface area contributed by atoms with Crippen molar-refractivity contribution in [3.63, 3.8) is 0 Å². The molecule has 5 heteroatoms. The van der Waals surface area contributed by atoms with Crippen LogP contribution in [0.3, 0.4) is 0 Å². The highest BCUT2D eigenvalue weighted by Gasteiger charge is 2.26. The Hall–Kier alpha value is -2.66. The molecule has 1 fully saturated rings. The first-order chi connectivity index (χ1) is 13.2. The van der Waals surface area contributed by atoms with Gasteiger partial charge in [-0.2, -0.15) is 0 Å². The van der Waals surface area contributed by atoms with E-state index in [9.17, 15) is 0 Å². The van der Waals surface area contributed by atoms with Crippen LogP contribution in [0.5, 0.6) is 5.75 Å². The van der Waals surface area contributed by atoms with Crippen molar-refractivity contribution >= 4 is 0 Å². The molecule has 0 spiro atoms. The van der Waals surface area contributed by atoms with Gasteiger partial charge in [0, 0.05) is 35.4 Å². The zero-order valence-electron chi connectivity index (χ0n) is 16.1. The molecule has 0 aliphatic carbocycles. The SMILES string of the molecule is COc1c(C)cnc(Cn2cnc(-c3ccccc3)c2[C@H]2CCOC2)c1C. The van der Waals surface area contributed by atoms with Crippen molar-refractivity contribution in [3.8, 4) is 17.0 Å². The second kappa shape index (κ2) is 7.53. The summed E-state index contributed by atoms with van der Waals surface area (Å²) in [6.45, 7) is 6.32. The van der Waals surface area contributed by atoms with Crippen LogP contribution in [-0.2, 0) is 11.3 Å². The molecule has 2 aromatic heterocycles. The monoisotopic (exact) mass is 363 g/mol. The standard InChI is InChI=1S/C22H25N3O2/c1-15-11-23-19(16(2)22(15)26-3)12-25-14-24-20(17-7-5-4-6-8-17)21(25)18-9-10-27-13-18/h4-8,11,14,18H,9-10,12-13H2,1-3H3/t18-/m0/s1. The van der Waals surface area contributed by atoms with Gasteiger partial charge in [0.05, 0.1) is 43.7 Å². The molecule has 5 nitrogen and oxygen atoms in total. The minimum atomic E-state index is 0.357. The van der Waals surface area contributed by atoms with E-state index in [-0.39, 0.29) is 0 Å². The van der Waals surface area contributed by atoms with Gasteiger partial charge >= 0.3 is 0 Å². The van der Waals surface area contributed by atoms with Crippen LogP contribution >= 0.6 is 0 Å². The lowest BCUT2D eigenvalue weighted by Gasteiger charge is -2.17. The van der Waals surface area contributed by atoms with E-state index < -0.39 is 0 Å². The molecule has 140 valence electrons. The number of aryl methyl sites for hydroxylation is 1. The highest BCUT2D eigenvalue weighted by atomic mass is 16.5. The molecule has 4 rings (SSSR count). The highest BCUT2D eigenvalue weighted by Crippen LogP contribution is 2.34. The maximum absolute atomic E-state index is 5.68. The van der Waals surface area contributed by atoms with Crippen molar-refractivity contribution in [1.29, 1.82) is 0 Å². The van der Waals surface area contributed by atoms with E-state index in [1.807, 2.05) is 25.5 Å². The van der Waals surface area contributed by atoms with Gasteiger partial charge in [-0.1, -0.05) is 30.3 Å². The molecule has 0 saturated carbocycles. The molecular formula is C22H25N3O2. The summed E-state index contributed by atoms with van der Waals surface area (Å²) < 4.78 is 13.5. The molecular weight excluding hydrogens is 338 g/mol. The number of aromatic nitrogens is 3. The van der Waals surface area contributed by atoms with Crippen LogP contribution in [-0.4, -0.2) is 34.9 Å². The number of hydrogen-bond donors (Lipinski definition) is 0. The van der Waals surface area contributed by atoms with Gasteiger partial charge < -0.3 is 14.0 Å². The molecule has 27 heavy (non-hydrogen) atoms. The van der Waals surface area contributed by atoms with Gasteiger partial charge in [0.2, 0.25) is 0 Å². The largest absolute Gasteiger partial charge is 0.496 e. The summed E-state index contributed by atoms with van der Waals surface area (Å²) >= 11 is 0. The zero-order valence-corrected chi connectivity index (χ0v) is 16.1. The van der Waals surface area contributed by atoms with Gasteiger partial charge in [0.15, 0.2) is 0 Å². The second-order valence-electron chi connectivity index (χ2n) is 7.08. The number of benzene rings is 1. The fourth-order valence-corrected chi connectivity index (χ4v) is 3.91. The lowest BCUT2D eigenvalue weighted by molar-refractivity contribution is 0.193. The first kappa shape index (κ1) is 17.7. The molecule has 3 aromatic rings. The average molecular weight is 363 g/mol. The van der Waals surface area contributed by atoms with Crippen molar-refractivity contribution < 1.29 is 9.47 Å². The van der Waals surface area contributed by atoms with Gasteiger partial charge in [-0.15, -0.1) is 0 Å². The van der Waals surface area contributed by atoms with E-state index in [2.05, 4.69) is 40.7 Å². The Morgan fingerprint density at radius 2 is 2.00 bits per heavy atom. The molecule has 0 bridgehead atoms. The maximum atomic E-state index is 5.68. The first-order valence-corrected chi connectivity index (χ1v) is 9.36. The number of imidazole rings is 1. The molecule has 3 heterocycles. The van der Waals surface area contributed by atoms with Gasteiger partial charge in [-0.25, -0.2) is 4.98 Å². The number of ether oxygens (including phenoxy) is 2. The lowest BCUT2D eigenvalue weighted by atomic mass is 9.99. The van der Waals surface area contributed by atoms with Gasteiger partial charge in [0.1, 0.15) is 5.75 Å². The molecule has 1 aliphatic rings. The van der Waals surface area contributed by atoms with Crippen LogP contribution in [0.15, 0.2) is 42.9 Å². The van der Waals surface area contributed by atoms with Crippen LogP contribution in [0.1, 0.15) is 34.9 Å². The van der Waals surface area contributed by atoms with Crippen molar-refractivity contribution in [2.24, 2.45) is 0 Å². The Balaban J connectivity index is 1.76. The van der Waals surface area contributed by atoms with E-state index >= 15 is 0 Å². The molecule has 0 N–H and O–H groups in total. The quantitative estimate of drug-likeness (QED) is 0.684. The second-order valence-corrected chi connectivity index (χ2v) is 7.08. The van der Waals surface area contributed by atoms with E-state index in [0.717, 1.165) is 53.5 Å². The number of rotatable bonds is 5. The number of hydrogen-bond acceptors (Lipinski definition) is 4. The molecule has 0 unspecified atom stereocenters. The smallest absolute Gasteiger partial charge is 0.128 e. The fourth-order valence-electron chi connectivity index (χ4n) is 3.91. The van der Waals surface area contributed by atoms with Gasteiger partial charge in [-0.3, -0.25) is 4.98 Å². The molecule has 1 saturated heterocycles. The highest BCUT2D eigenvalue weighted by molar-refractivity contribution is 5.62. The average Bonchev–Trinajstić information content (AvgIpc) is 3.35. The topological polar surface area (TPSA) is 49.2 Å². The van der Waals surface area contributed by atoms with Crippen molar-refractivity contribution in [1.82, 2.24) is 14.5 Å². The maximum Gasteiger partial charge on any atom is 0.128 e.